The van der Waals surface area contributed by atoms with Crippen molar-refractivity contribution in [1.82, 2.24) is 15.2 Å². The van der Waals surface area contributed by atoms with Crippen molar-refractivity contribution in [2.45, 2.75) is 18.3 Å². The van der Waals surface area contributed by atoms with E-state index in [0.29, 0.717) is 28.3 Å². The molecule has 0 bridgehead atoms. The van der Waals surface area contributed by atoms with Crippen LogP contribution in [0.15, 0.2) is 70.2 Å². The number of hydrogen-bond acceptors (Lipinski definition) is 7. The second kappa shape index (κ2) is 7.79. The minimum absolute atomic E-state index is 0.291. The van der Waals surface area contributed by atoms with Crippen molar-refractivity contribution in [3.8, 4) is 28.5 Å². The third-order valence-corrected chi connectivity index (χ3v) is 5.34. The largest absolute Gasteiger partial charge is 0.455 e. The Morgan fingerprint density at radius 2 is 1.87 bits per heavy atom. The molecule has 1 atom stereocenters. The first-order valence-corrected chi connectivity index (χ1v) is 10.5. The lowest BCUT2D eigenvalue weighted by atomic mass is 10.1. The molecule has 6 nitrogen and oxygen atoms in total. The van der Waals surface area contributed by atoms with E-state index in [1.165, 1.54) is 23.9 Å². The SMILES string of the molecule is CCSc1nnc2c(n1)OC(c1ccc(-c3ccc(F)cc3)o1)Nc1ccccc1-2. The van der Waals surface area contributed by atoms with Crippen molar-refractivity contribution in [2.24, 2.45) is 0 Å². The van der Waals surface area contributed by atoms with E-state index < -0.39 is 6.23 Å². The van der Waals surface area contributed by atoms with Crippen molar-refractivity contribution >= 4 is 17.4 Å². The fraction of sp³-hybridized carbons (Fsp3) is 0.136. The average molecular weight is 420 g/mol. The van der Waals surface area contributed by atoms with Crippen LogP contribution in [0.5, 0.6) is 5.88 Å². The molecule has 5 rings (SSSR count). The zero-order chi connectivity index (χ0) is 20.5. The van der Waals surface area contributed by atoms with E-state index in [0.717, 1.165) is 22.6 Å². The molecule has 0 fully saturated rings. The summed E-state index contributed by atoms with van der Waals surface area (Å²) in [6.07, 6.45) is -0.613. The van der Waals surface area contributed by atoms with Gasteiger partial charge in [0.1, 0.15) is 11.6 Å². The van der Waals surface area contributed by atoms with Crippen LogP contribution in [0.2, 0.25) is 0 Å². The highest BCUT2D eigenvalue weighted by Crippen LogP contribution is 2.40. The molecule has 4 aromatic rings. The summed E-state index contributed by atoms with van der Waals surface area (Å²) in [5, 5.41) is 12.5. The second-order valence-electron chi connectivity index (χ2n) is 6.58. The van der Waals surface area contributed by atoms with Gasteiger partial charge in [0.05, 0.1) is 0 Å². The van der Waals surface area contributed by atoms with Crippen molar-refractivity contribution in [3.63, 3.8) is 0 Å². The molecule has 1 aliphatic heterocycles. The molecule has 1 unspecified atom stereocenters. The van der Waals surface area contributed by atoms with E-state index in [1.54, 1.807) is 12.1 Å². The first-order chi connectivity index (χ1) is 14.7. The number of anilines is 1. The van der Waals surface area contributed by atoms with Gasteiger partial charge in [0.25, 0.3) is 0 Å². The van der Waals surface area contributed by atoms with Gasteiger partial charge in [0.2, 0.25) is 17.3 Å². The number of halogens is 1. The van der Waals surface area contributed by atoms with E-state index in [9.17, 15) is 4.39 Å². The van der Waals surface area contributed by atoms with Crippen LogP contribution in [-0.4, -0.2) is 20.9 Å². The van der Waals surface area contributed by atoms with E-state index in [2.05, 4.69) is 20.5 Å². The van der Waals surface area contributed by atoms with Gasteiger partial charge in [0, 0.05) is 16.8 Å². The third-order valence-electron chi connectivity index (χ3n) is 4.62. The molecule has 3 heterocycles. The van der Waals surface area contributed by atoms with Crippen LogP contribution in [0, 0.1) is 5.82 Å². The number of fused-ring (bicyclic) bond motifs is 3. The van der Waals surface area contributed by atoms with Gasteiger partial charge in [0.15, 0.2) is 11.5 Å². The molecule has 2 aromatic heterocycles. The predicted molar refractivity (Wildman–Crippen MR) is 113 cm³/mol. The van der Waals surface area contributed by atoms with E-state index >= 15 is 0 Å². The fourth-order valence-corrected chi connectivity index (χ4v) is 3.73. The van der Waals surface area contributed by atoms with Crippen LogP contribution < -0.4 is 10.1 Å². The normalized spacial score (nSPS) is 14.8. The number of hydrogen-bond donors (Lipinski definition) is 1. The number of aromatic nitrogens is 3. The molecular formula is C22H17FN4O2S. The van der Waals surface area contributed by atoms with Crippen molar-refractivity contribution in [2.75, 3.05) is 11.1 Å². The first kappa shape index (κ1) is 18.6. The van der Waals surface area contributed by atoms with Crippen LogP contribution in [0.25, 0.3) is 22.6 Å². The molecule has 0 saturated heterocycles. The van der Waals surface area contributed by atoms with Crippen LogP contribution in [0.1, 0.15) is 18.9 Å². The smallest absolute Gasteiger partial charge is 0.247 e. The van der Waals surface area contributed by atoms with Gasteiger partial charge in [-0.1, -0.05) is 36.9 Å². The number of rotatable bonds is 4. The molecule has 0 radical (unpaired) electrons. The molecule has 0 aliphatic carbocycles. The highest BCUT2D eigenvalue weighted by atomic mass is 32.2. The highest BCUT2D eigenvalue weighted by Gasteiger charge is 2.28. The van der Waals surface area contributed by atoms with Crippen molar-refractivity contribution < 1.29 is 13.5 Å². The molecule has 0 spiro atoms. The number of para-hydroxylation sites is 1. The topological polar surface area (TPSA) is 73.1 Å². The Morgan fingerprint density at radius 3 is 2.70 bits per heavy atom. The Bertz CT molecular complexity index is 1200. The summed E-state index contributed by atoms with van der Waals surface area (Å²) in [6, 6.07) is 17.6. The molecule has 1 N–H and O–H groups in total. The van der Waals surface area contributed by atoms with Gasteiger partial charge >= 0.3 is 0 Å². The zero-order valence-corrected chi connectivity index (χ0v) is 16.8. The molecule has 0 amide bonds. The van der Waals surface area contributed by atoms with Gasteiger partial charge in [-0.05, 0) is 48.2 Å². The minimum Gasteiger partial charge on any atom is -0.455 e. The Hall–Kier alpha value is -3.39. The lowest BCUT2D eigenvalue weighted by Crippen LogP contribution is -2.16. The monoisotopic (exact) mass is 420 g/mol. The van der Waals surface area contributed by atoms with Crippen molar-refractivity contribution in [1.29, 1.82) is 0 Å². The van der Waals surface area contributed by atoms with E-state index in [1.807, 2.05) is 43.3 Å². The van der Waals surface area contributed by atoms with Crippen LogP contribution >= 0.6 is 11.8 Å². The maximum Gasteiger partial charge on any atom is 0.247 e. The summed E-state index contributed by atoms with van der Waals surface area (Å²) in [5.74, 6) is 2.12. The molecule has 2 aromatic carbocycles. The van der Waals surface area contributed by atoms with Crippen LogP contribution in [0.4, 0.5) is 10.1 Å². The Labute approximate surface area is 176 Å². The van der Waals surface area contributed by atoms with Crippen molar-refractivity contribution in [3.05, 3.63) is 72.2 Å². The number of benzene rings is 2. The summed E-state index contributed by atoms with van der Waals surface area (Å²) in [7, 11) is 0. The average Bonchev–Trinajstić information content (AvgIpc) is 3.19. The maximum atomic E-state index is 13.2. The van der Waals surface area contributed by atoms with Gasteiger partial charge in [-0.3, -0.25) is 0 Å². The highest BCUT2D eigenvalue weighted by molar-refractivity contribution is 7.99. The van der Waals surface area contributed by atoms with Gasteiger partial charge < -0.3 is 14.5 Å². The summed E-state index contributed by atoms with van der Waals surface area (Å²) < 4.78 is 25.5. The number of nitrogens with one attached hydrogen (secondary N) is 1. The van der Waals surface area contributed by atoms with Gasteiger partial charge in [-0.15, -0.1) is 10.2 Å². The first-order valence-electron chi connectivity index (χ1n) is 9.47. The van der Waals surface area contributed by atoms with E-state index in [4.69, 9.17) is 9.15 Å². The Balaban J connectivity index is 1.54. The second-order valence-corrected chi connectivity index (χ2v) is 7.81. The minimum atomic E-state index is -0.613. The molecule has 30 heavy (non-hydrogen) atoms. The molecular weight excluding hydrogens is 403 g/mol. The van der Waals surface area contributed by atoms with Crippen LogP contribution in [0.3, 0.4) is 0 Å². The summed E-state index contributed by atoms with van der Waals surface area (Å²) >= 11 is 1.50. The number of thioether (sulfide) groups is 1. The number of nitrogens with zero attached hydrogens (tertiary/aromatic N) is 3. The molecule has 8 heteroatoms. The van der Waals surface area contributed by atoms with Crippen LogP contribution in [-0.2, 0) is 0 Å². The molecule has 150 valence electrons. The number of furan rings is 1. The zero-order valence-electron chi connectivity index (χ0n) is 16.0. The summed E-state index contributed by atoms with van der Waals surface area (Å²) in [4.78, 5) is 4.56. The third kappa shape index (κ3) is 3.50. The molecule has 1 aliphatic rings. The van der Waals surface area contributed by atoms with Gasteiger partial charge in [-0.2, -0.15) is 4.98 Å². The standard InChI is InChI=1S/C22H17FN4O2S/c1-2-30-22-25-21-19(26-27-22)15-5-3-4-6-16(15)24-20(29-21)18-12-11-17(28-18)13-7-9-14(23)10-8-13/h3-12,20,24H,2H2,1H3. The van der Waals surface area contributed by atoms with E-state index in [-0.39, 0.29) is 5.82 Å². The number of ether oxygens (including phenoxy) is 1. The Kier molecular flexibility index (Phi) is 4.84. The summed E-state index contributed by atoms with van der Waals surface area (Å²) in [5.41, 5.74) is 3.05. The predicted octanol–water partition coefficient (Wildman–Crippen LogP) is 5.55. The lowest BCUT2D eigenvalue weighted by Gasteiger charge is -2.16. The fourth-order valence-electron chi connectivity index (χ4n) is 3.23. The quantitative estimate of drug-likeness (QED) is 0.434. The lowest BCUT2D eigenvalue weighted by molar-refractivity contribution is 0.196. The van der Waals surface area contributed by atoms with Gasteiger partial charge in [-0.25, -0.2) is 4.39 Å². The Morgan fingerprint density at radius 1 is 1.03 bits per heavy atom. The molecule has 0 saturated carbocycles. The maximum absolute atomic E-state index is 13.2. The summed E-state index contributed by atoms with van der Waals surface area (Å²) in [6.45, 7) is 2.03.